The first kappa shape index (κ1) is 9.45. The monoisotopic (exact) mass is 202 g/mol. The van der Waals surface area contributed by atoms with Gasteiger partial charge in [0.15, 0.2) is 0 Å². The van der Waals surface area contributed by atoms with Gasteiger partial charge in [-0.05, 0) is 23.8 Å². The first-order valence-corrected chi connectivity index (χ1v) is 4.55. The second-order valence-electron chi connectivity index (χ2n) is 3.18. The first-order chi connectivity index (χ1) is 7.29. The second kappa shape index (κ2) is 3.96. The third kappa shape index (κ3) is 1.88. The molecule has 0 amide bonds. The molecule has 0 saturated heterocycles. The van der Waals surface area contributed by atoms with Gasteiger partial charge in [0.2, 0.25) is 0 Å². The molecule has 0 radical (unpaired) electrons. The Morgan fingerprint density at radius 2 is 2.27 bits per heavy atom. The maximum absolute atomic E-state index is 11.2. The van der Waals surface area contributed by atoms with E-state index in [9.17, 15) is 4.79 Å². The molecule has 0 aromatic carbocycles. The van der Waals surface area contributed by atoms with Gasteiger partial charge in [0, 0.05) is 24.3 Å². The van der Waals surface area contributed by atoms with Crippen LogP contribution in [-0.2, 0) is 4.79 Å². The molecule has 0 aliphatic carbocycles. The third-order valence-electron chi connectivity index (χ3n) is 2.20. The van der Waals surface area contributed by atoms with Gasteiger partial charge in [-0.2, -0.15) is 0 Å². The number of rotatable bonds is 3. The van der Waals surface area contributed by atoms with E-state index in [1.165, 1.54) is 0 Å². The van der Waals surface area contributed by atoms with Gasteiger partial charge in [-0.25, -0.2) is 0 Å². The van der Waals surface area contributed by atoms with Crippen molar-refractivity contribution < 1.29 is 9.90 Å². The summed E-state index contributed by atoms with van der Waals surface area (Å²) in [5.41, 5.74) is 1.34. The van der Waals surface area contributed by atoms with Crippen LogP contribution in [-0.4, -0.2) is 21.0 Å². The molecule has 0 aliphatic rings. The molecule has 2 aromatic rings. The molecule has 2 aromatic heterocycles. The van der Waals surface area contributed by atoms with Gasteiger partial charge in [-0.3, -0.25) is 9.78 Å². The summed E-state index contributed by atoms with van der Waals surface area (Å²) in [7, 11) is 0. The minimum absolute atomic E-state index is 0.663. The van der Waals surface area contributed by atoms with Crippen molar-refractivity contribution in [1.29, 1.82) is 0 Å². The number of carboxylic acid groups (broad SMARTS) is 1. The zero-order chi connectivity index (χ0) is 10.7. The molecular formula is C11H10N2O2. The maximum atomic E-state index is 11.2. The maximum Gasteiger partial charge on any atom is 0.317 e. The Balaban J connectivity index is 2.42. The molecule has 0 aliphatic heterocycles. The van der Waals surface area contributed by atoms with Crippen molar-refractivity contribution in [3.63, 3.8) is 0 Å². The molecule has 0 saturated carbocycles. The van der Waals surface area contributed by atoms with Gasteiger partial charge in [-0.15, -0.1) is 0 Å². The Morgan fingerprint density at radius 1 is 1.40 bits per heavy atom. The minimum Gasteiger partial charge on any atom is -0.480 e. The highest BCUT2D eigenvalue weighted by Crippen LogP contribution is 2.22. The van der Waals surface area contributed by atoms with Crippen molar-refractivity contribution in [2.45, 2.75) is 5.92 Å². The van der Waals surface area contributed by atoms with Crippen LogP contribution in [0.5, 0.6) is 0 Å². The van der Waals surface area contributed by atoms with Crippen LogP contribution in [0.25, 0.3) is 0 Å². The zero-order valence-electron chi connectivity index (χ0n) is 7.92. The Kier molecular flexibility index (Phi) is 2.49. The van der Waals surface area contributed by atoms with Crippen LogP contribution in [0.2, 0.25) is 0 Å². The number of nitrogens with zero attached hydrogens (tertiary/aromatic N) is 1. The summed E-state index contributed by atoms with van der Waals surface area (Å²) in [6.45, 7) is 0. The van der Waals surface area contributed by atoms with Crippen molar-refractivity contribution in [3.05, 3.63) is 54.1 Å². The number of hydrogen-bond acceptors (Lipinski definition) is 2. The molecule has 0 spiro atoms. The van der Waals surface area contributed by atoms with Crippen LogP contribution in [0.4, 0.5) is 0 Å². The fraction of sp³-hybridized carbons (Fsp3) is 0.0909. The summed E-state index contributed by atoms with van der Waals surface area (Å²) < 4.78 is 0. The van der Waals surface area contributed by atoms with Gasteiger partial charge >= 0.3 is 5.97 Å². The third-order valence-corrected chi connectivity index (χ3v) is 2.20. The first-order valence-electron chi connectivity index (χ1n) is 4.55. The van der Waals surface area contributed by atoms with Gasteiger partial charge in [-0.1, -0.05) is 6.07 Å². The quantitative estimate of drug-likeness (QED) is 0.794. The molecule has 2 heterocycles. The summed E-state index contributed by atoms with van der Waals surface area (Å²) in [6.07, 6.45) is 4.90. The summed E-state index contributed by atoms with van der Waals surface area (Å²) in [5, 5.41) is 9.15. The molecule has 76 valence electrons. The van der Waals surface area contributed by atoms with Gasteiger partial charge in [0.25, 0.3) is 0 Å². The lowest BCUT2D eigenvalue weighted by Gasteiger charge is -2.10. The molecule has 1 atom stereocenters. The van der Waals surface area contributed by atoms with Gasteiger partial charge in [0.05, 0.1) is 0 Å². The van der Waals surface area contributed by atoms with Crippen molar-refractivity contribution >= 4 is 5.97 Å². The van der Waals surface area contributed by atoms with E-state index in [1.807, 2.05) is 0 Å². The SMILES string of the molecule is O=C(O)C(c1cccnc1)c1ccc[nH]1. The molecule has 0 bridgehead atoms. The average Bonchev–Trinajstić information content (AvgIpc) is 2.72. The highest BCUT2D eigenvalue weighted by atomic mass is 16.4. The van der Waals surface area contributed by atoms with E-state index < -0.39 is 11.9 Å². The highest BCUT2D eigenvalue weighted by Gasteiger charge is 2.22. The summed E-state index contributed by atoms with van der Waals surface area (Å²) in [4.78, 5) is 18.0. The van der Waals surface area contributed by atoms with Crippen LogP contribution in [0.1, 0.15) is 17.2 Å². The minimum atomic E-state index is -0.884. The number of pyridine rings is 1. The van der Waals surface area contributed by atoms with Gasteiger partial charge < -0.3 is 10.1 Å². The van der Waals surface area contributed by atoms with Crippen LogP contribution in [0.15, 0.2) is 42.9 Å². The van der Waals surface area contributed by atoms with E-state index in [2.05, 4.69) is 9.97 Å². The van der Waals surface area contributed by atoms with E-state index >= 15 is 0 Å². The fourth-order valence-corrected chi connectivity index (χ4v) is 1.53. The van der Waals surface area contributed by atoms with Gasteiger partial charge in [0.1, 0.15) is 5.92 Å². The predicted molar refractivity (Wildman–Crippen MR) is 54.5 cm³/mol. The lowest BCUT2D eigenvalue weighted by atomic mass is 9.98. The molecule has 1 unspecified atom stereocenters. The topological polar surface area (TPSA) is 66.0 Å². The standard InChI is InChI=1S/C11H10N2O2/c14-11(15)10(9-4-2-6-13-9)8-3-1-5-12-7-8/h1-7,10,13H,(H,14,15). The van der Waals surface area contributed by atoms with Crippen LogP contribution in [0.3, 0.4) is 0 Å². The number of hydrogen-bond donors (Lipinski definition) is 2. The van der Waals surface area contributed by atoms with Crippen LogP contribution >= 0.6 is 0 Å². The summed E-state index contributed by atoms with van der Waals surface area (Å²) in [6, 6.07) is 7.02. The summed E-state index contributed by atoms with van der Waals surface area (Å²) in [5.74, 6) is -1.56. The van der Waals surface area contributed by atoms with Crippen LogP contribution < -0.4 is 0 Å². The molecule has 4 heteroatoms. The Labute approximate surface area is 86.6 Å². The predicted octanol–water partition coefficient (Wildman–Crippen LogP) is 1.63. The molecule has 2 N–H and O–H groups in total. The Hall–Kier alpha value is -2.10. The van der Waals surface area contributed by atoms with E-state index in [1.54, 1.807) is 42.9 Å². The fourth-order valence-electron chi connectivity index (χ4n) is 1.53. The van der Waals surface area contributed by atoms with E-state index in [0.29, 0.717) is 11.3 Å². The van der Waals surface area contributed by atoms with Crippen LogP contribution in [0, 0.1) is 0 Å². The lowest BCUT2D eigenvalue weighted by molar-refractivity contribution is -0.137. The number of carbonyl (C=O) groups is 1. The molecule has 15 heavy (non-hydrogen) atoms. The van der Waals surface area contributed by atoms with Crippen molar-refractivity contribution in [2.75, 3.05) is 0 Å². The van der Waals surface area contributed by atoms with E-state index in [-0.39, 0.29) is 0 Å². The number of H-pyrrole nitrogens is 1. The number of aromatic amines is 1. The van der Waals surface area contributed by atoms with E-state index in [4.69, 9.17) is 5.11 Å². The van der Waals surface area contributed by atoms with Crippen molar-refractivity contribution in [1.82, 2.24) is 9.97 Å². The number of aliphatic carboxylic acids is 1. The lowest BCUT2D eigenvalue weighted by Crippen LogP contribution is -2.13. The summed E-state index contributed by atoms with van der Waals surface area (Å²) >= 11 is 0. The smallest absolute Gasteiger partial charge is 0.317 e. The largest absolute Gasteiger partial charge is 0.480 e. The number of aromatic nitrogens is 2. The van der Waals surface area contributed by atoms with Crippen molar-refractivity contribution in [2.24, 2.45) is 0 Å². The van der Waals surface area contributed by atoms with E-state index in [0.717, 1.165) is 0 Å². The molecular weight excluding hydrogens is 192 g/mol. The normalized spacial score (nSPS) is 12.3. The second-order valence-corrected chi connectivity index (χ2v) is 3.18. The Bertz CT molecular complexity index is 437. The highest BCUT2D eigenvalue weighted by molar-refractivity contribution is 5.79. The number of nitrogens with one attached hydrogen (secondary N) is 1. The Morgan fingerprint density at radius 3 is 2.80 bits per heavy atom. The average molecular weight is 202 g/mol. The van der Waals surface area contributed by atoms with Crippen molar-refractivity contribution in [3.8, 4) is 0 Å². The molecule has 0 fully saturated rings. The number of carboxylic acids is 1. The molecule has 2 rings (SSSR count). The molecule has 4 nitrogen and oxygen atoms in total. The zero-order valence-corrected chi connectivity index (χ0v) is 7.92.